The van der Waals surface area contributed by atoms with E-state index in [1.54, 1.807) is 8.61 Å². The Hall–Kier alpha value is -0.470. The average molecular weight is 317 g/mol. The van der Waals surface area contributed by atoms with Crippen molar-refractivity contribution in [2.45, 2.75) is 33.0 Å². The van der Waals surface area contributed by atoms with Gasteiger partial charge in [0.05, 0.1) is 12.2 Å². The highest BCUT2D eigenvalue weighted by Gasteiger charge is 2.36. The minimum absolute atomic E-state index is 0.0479. The molecule has 2 saturated heterocycles. The summed E-state index contributed by atoms with van der Waals surface area (Å²) in [5, 5.41) is 0. The van der Waals surface area contributed by atoms with Gasteiger partial charge >= 0.3 is 0 Å². The van der Waals surface area contributed by atoms with Gasteiger partial charge in [-0.3, -0.25) is 4.90 Å². The molecule has 122 valence electrons. The molecule has 7 heteroatoms. The Kier molecular flexibility index (Phi) is 5.43. The second-order valence-electron chi connectivity index (χ2n) is 6.21. The van der Waals surface area contributed by atoms with Gasteiger partial charge in [-0.05, 0) is 20.8 Å². The van der Waals surface area contributed by atoms with Gasteiger partial charge in [0, 0.05) is 45.8 Å². The summed E-state index contributed by atoms with van der Waals surface area (Å²) in [6.07, 6.45) is -0.0959. The first kappa shape index (κ1) is 16.9. The maximum absolute atomic E-state index is 12.7. The van der Waals surface area contributed by atoms with Crippen LogP contribution in [0.15, 0.2) is 12.2 Å². The van der Waals surface area contributed by atoms with Gasteiger partial charge in [0.1, 0.15) is 0 Å². The molecule has 2 fully saturated rings. The molecule has 21 heavy (non-hydrogen) atoms. The normalized spacial score (nSPS) is 30.4. The molecule has 6 nitrogen and oxygen atoms in total. The summed E-state index contributed by atoms with van der Waals surface area (Å²) >= 11 is 0. The van der Waals surface area contributed by atoms with Crippen molar-refractivity contribution in [2.24, 2.45) is 0 Å². The third-order valence-electron chi connectivity index (χ3n) is 3.86. The van der Waals surface area contributed by atoms with Crippen LogP contribution in [-0.2, 0) is 14.9 Å². The van der Waals surface area contributed by atoms with Crippen LogP contribution in [0.3, 0.4) is 0 Å². The van der Waals surface area contributed by atoms with Gasteiger partial charge in [0.15, 0.2) is 0 Å². The Morgan fingerprint density at radius 1 is 1.10 bits per heavy atom. The zero-order valence-electron chi connectivity index (χ0n) is 13.3. The Bertz CT molecular complexity index is 462. The van der Waals surface area contributed by atoms with Gasteiger partial charge in [0.2, 0.25) is 0 Å². The van der Waals surface area contributed by atoms with E-state index < -0.39 is 10.2 Å². The fourth-order valence-corrected chi connectivity index (χ4v) is 4.73. The van der Waals surface area contributed by atoms with E-state index in [0.717, 1.165) is 25.2 Å². The molecule has 2 aliphatic rings. The van der Waals surface area contributed by atoms with Crippen LogP contribution in [0, 0.1) is 0 Å². The average Bonchev–Trinajstić information content (AvgIpc) is 2.37. The van der Waals surface area contributed by atoms with Crippen LogP contribution in [0.25, 0.3) is 0 Å². The molecular formula is C14H27N3O3S. The summed E-state index contributed by atoms with van der Waals surface area (Å²) < 4.78 is 34.2. The molecule has 0 spiro atoms. The second-order valence-corrected chi connectivity index (χ2v) is 8.14. The van der Waals surface area contributed by atoms with Gasteiger partial charge in [-0.1, -0.05) is 12.2 Å². The molecule has 0 aromatic rings. The van der Waals surface area contributed by atoms with Gasteiger partial charge in [0.25, 0.3) is 10.2 Å². The Labute approximate surface area is 128 Å². The molecular weight excluding hydrogens is 290 g/mol. The maximum Gasteiger partial charge on any atom is 0.282 e. The maximum atomic E-state index is 12.7. The summed E-state index contributed by atoms with van der Waals surface area (Å²) in [4.78, 5) is 2.25. The minimum atomic E-state index is -3.37. The van der Waals surface area contributed by atoms with E-state index >= 15 is 0 Å². The highest BCUT2D eigenvalue weighted by Crippen LogP contribution is 2.19. The molecule has 0 aliphatic carbocycles. The third kappa shape index (κ3) is 4.26. The molecule has 0 aromatic carbocycles. The van der Waals surface area contributed by atoms with Crippen molar-refractivity contribution in [3.05, 3.63) is 12.2 Å². The van der Waals surface area contributed by atoms with Gasteiger partial charge in [-0.25, -0.2) is 0 Å². The highest BCUT2D eigenvalue weighted by molar-refractivity contribution is 7.86. The van der Waals surface area contributed by atoms with E-state index in [4.69, 9.17) is 4.74 Å². The molecule has 2 heterocycles. The summed E-state index contributed by atoms with van der Waals surface area (Å²) in [5.41, 5.74) is 1.11. The number of nitrogens with zero attached hydrogens (tertiary/aromatic N) is 3. The van der Waals surface area contributed by atoms with Crippen molar-refractivity contribution in [1.29, 1.82) is 0 Å². The lowest BCUT2D eigenvalue weighted by atomic mass is 10.3. The standard InChI is InChI=1S/C14H27N3O3S/c1-12(2)9-15-5-7-16(8-6-15)21(18,19)17-10-13(3)20-14(4)11-17/h13-14H,1,5-11H2,2-4H3/t13-,14-/m0/s1. The molecule has 0 saturated carbocycles. The quantitative estimate of drug-likeness (QED) is 0.710. The monoisotopic (exact) mass is 317 g/mol. The molecule has 0 unspecified atom stereocenters. The lowest BCUT2D eigenvalue weighted by molar-refractivity contribution is -0.0457. The fraction of sp³-hybridized carbons (Fsp3) is 0.857. The largest absolute Gasteiger partial charge is 0.373 e. The number of hydrogen-bond donors (Lipinski definition) is 0. The van der Waals surface area contributed by atoms with Crippen LogP contribution in [0.5, 0.6) is 0 Å². The Balaban J connectivity index is 1.96. The number of hydrogen-bond acceptors (Lipinski definition) is 4. The van der Waals surface area contributed by atoms with E-state index in [-0.39, 0.29) is 12.2 Å². The Morgan fingerprint density at radius 2 is 1.62 bits per heavy atom. The molecule has 0 amide bonds. The number of piperazine rings is 1. The van der Waals surface area contributed by atoms with E-state index in [0.29, 0.717) is 26.2 Å². The van der Waals surface area contributed by atoms with Gasteiger partial charge in [-0.15, -0.1) is 0 Å². The topological polar surface area (TPSA) is 53.1 Å². The predicted octanol–water partition coefficient (Wildman–Crippen LogP) is 0.534. The summed E-state index contributed by atoms with van der Waals surface area (Å²) in [6, 6.07) is 0. The molecule has 0 aromatic heterocycles. The van der Waals surface area contributed by atoms with Crippen molar-refractivity contribution in [2.75, 3.05) is 45.8 Å². The van der Waals surface area contributed by atoms with E-state index in [1.807, 2.05) is 20.8 Å². The first-order valence-electron chi connectivity index (χ1n) is 7.56. The van der Waals surface area contributed by atoms with Crippen LogP contribution < -0.4 is 0 Å². The molecule has 2 aliphatic heterocycles. The van der Waals surface area contributed by atoms with Crippen molar-refractivity contribution in [3.63, 3.8) is 0 Å². The zero-order valence-corrected chi connectivity index (χ0v) is 14.1. The number of ether oxygens (including phenoxy) is 1. The van der Waals surface area contributed by atoms with Gasteiger partial charge in [-0.2, -0.15) is 17.0 Å². The van der Waals surface area contributed by atoms with Crippen LogP contribution in [0.2, 0.25) is 0 Å². The lowest BCUT2D eigenvalue weighted by Gasteiger charge is -2.40. The van der Waals surface area contributed by atoms with Crippen LogP contribution in [0.4, 0.5) is 0 Å². The van der Waals surface area contributed by atoms with E-state index in [9.17, 15) is 8.42 Å². The van der Waals surface area contributed by atoms with Crippen molar-refractivity contribution in [1.82, 2.24) is 13.5 Å². The van der Waals surface area contributed by atoms with E-state index in [1.165, 1.54) is 0 Å². The Morgan fingerprint density at radius 3 is 2.10 bits per heavy atom. The SMILES string of the molecule is C=C(C)CN1CCN(S(=O)(=O)N2C[C@H](C)O[C@@H](C)C2)CC1. The van der Waals surface area contributed by atoms with Crippen molar-refractivity contribution >= 4 is 10.2 Å². The summed E-state index contributed by atoms with van der Waals surface area (Å²) in [6.45, 7) is 14.1. The molecule has 2 atom stereocenters. The molecule has 0 radical (unpaired) electrons. The van der Waals surface area contributed by atoms with Crippen LogP contribution in [-0.4, -0.2) is 79.9 Å². The predicted molar refractivity (Wildman–Crippen MR) is 83.3 cm³/mol. The third-order valence-corrected chi connectivity index (χ3v) is 5.83. The number of rotatable bonds is 4. The van der Waals surface area contributed by atoms with Crippen LogP contribution >= 0.6 is 0 Å². The van der Waals surface area contributed by atoms with Crippen LogP contribution in [0.1, 0.15) is 20.8 Å². The number of morpholine rings is 1. The molecule has 2 rings (SSSR count). The minimum Gasteiger partial charge on any atom is -0.373 e. The summed E-state index contributed by atoms with van der Waals surface area (Å²) in [5.74, 6) is 0. The molecule has 0 N–H and O–H groups in total. The van der Waals surface area contributed by atoms with Gasteiger partial charge < -0.3 is 4.74 Å². The fourth-order valence-electron chi connectivity index (χ4n) is 2.98. The lowest BCUT2D eigenvalue weighted by Crippen LogP contribution is -2.57. The zero-order chi connectivity index (χ0) is 15.6. The second kappa shape index (κ2) is 6.75. The van der Waals surface area contributed by atoms with E-state index in [2.05, 4.69) is 11.5 Å². The van der Waals surface area contributed by atoms with Crippen molar-refractivity contribution in [3.8, 4) is 0 Å². The highest BCUT2D eigenvalue weighted by atomic mass is 32.2. The smallest absolute Gasteiger partial charge is 0.282 e. The first-order chi connectivity index (χ1) is 9.79. The van der Waals surface area contributed by atoms with Crippen molar-refractivity contribution < 1.29 is 13.2 Å². The molecule has 0 bridgehead atoms. The first-order valence-corrected chi connectivity index (χ1v) is 8.96. The summed E-state index contributed by atoms with van der Waals surface area (Å²) in [7, 11) is -3.37.